The van der Waals surface area contributed by atoms with Gasteiger partial charge in [-0.05, 0) is 37.8 Å². The number of ether oxygens (including phenoxy) is 1. The Morgan fingerprint density at radius 1 is 1.32 bits per heavy atom. The minimum absolute atomic E-state index is 0.159. The average molecular weight is 259 g/mol. The topological polar surface area (TPSA) is 55.4 Å². The average Bonchev–Trinajstić information content (AvgIpc) is 3.11. The van der Waals surface area contributed by atoms with Crippen molar-refractivity contribution in [2.75, 3.05) is 5.32 Å². The van der Waals surface area contributed by atoms with E-state index < -0.39 is 0 Å². The van der Waals surface area contributed by atoms with Crippen LogP contribution >= 0.6 is 0 Å². The summed E-state index contributed by atoms with van der Waals surface area (Å²) in [5, 5.41) is 2.64. The predicted octanol–water partition coefficient (Wildman–Crippen LogP) is 2.91. The van der Waals surface area contributed by atoms with Gasteiger partial charge in [0, 0.05) is 24.8 Å². The lowest BCUT2D eigenvalue weighted by Crippen LogP contribution is -2.08. The number of nitrogens with one attached hydrogen (secondary N) is 1. The van der Waals surface area contributed by atoms with Gasteiger partial charge in [-0.25, -0.2) is 4.79 Å². The molecular formula is C15H17NO3. The Hall–Kier alpha value is -2.10. The first-order chi connectivity index (χ1) is 9.04. The third kappa shape index (κ3) is 4.25. The summed E-state index contributed by atoms with van der Waals surface area (Å²) in [5.74, 6) is 0.451. The van der Waals surface area contributed by atoms with Crippen LogP contribution in [0.5, 0.6) is 5.75 Å². The van der Waals surface area contributed by atoms with Crippen molar-refractivity contribution in [3.05, 3.63) is 35.9 Å². The Balaban J connectivity index is 2.00. The zero-order valence-corrected chi connectivity index (χ0v) is 11.1. The summed E-state index contributed by atoms with van der Waals surface area (Å²) in [6.45, 7) is 3.38. The largest absolute Gasteiger partial charge is 0.423 e. The second-order valence-corrected chi connectivity index (χ2v) is 4.79. The highest BCUT2D eigenvalue weighted by molar-refractivity contribution is 5.89. The smallest absolute Gasteiger partial charge is 0.336 e. The van der Waals surface area contributed by atoms with E-state index in [1.54, 1.807) is 30.3 Å². The first-order valence-corrected chi connectivity index (χ1v) is 6.32. The maximum absolute atomic E-state index is 11.7. The van der Waals surface area contributed by atoms with E-state index in [0.717, 1.165) is 18.4 Å². The predicted molar refractivity (Wildman–Crippen MR) is 72.9 cm³/mol. The monoisotopic (exact) mass is 259 g/mol. The van der Waals surface area contributed by atoms with Crippen LogP contribution in [0.3, 0.4) is 0 Å². The van der Waals surface area contributed by atoms with Gasteiger partial charge < -0.3 is 10.1 Å². The fraction of sp³-hybridized carbons (Fsp3) is 0.333. The molecule has 0 unspecified atom stereocenters. The minimum Gasteiger partial charge on any atom is -0.423 e. The van der Waals surface area contributed by atoms with Gasteiger partial charge >= 0.3 is 5.97 Å². The molecule has 1 amide bonds. The lowest BCUT2D eigenvalue weighted by molar-refractivity contribution is -0.129. The van der Waals surface area contributed by atoms with Gasteiger partial charge in [-0.1, -0.05) is 11.6 Å². The molecule has 1 fully saturated rings. The second-order valence-electron chi connectivity index (χ2n) is 4.79. The molecule has 1 aromatic carbocycles. The highest BCUT2D eigenvalue weighted by atomic mass is 16.5. The second kappa shape index (κ2) is 5.69. The van der Waals surface area contributed by atoms with Gasteiger partial charge in [-0.3, -0.25) is 4.79 Å². The quantitative estimate of drug-likeness (QED) is 0.514. The number of carbonyl (C=O) groups excluding carboxylic acids is 2. The Kier molecular flexibility index (Phi) is 4.00. The van der Waals surface area contributed by atoms with Gasteiger partial charge in [0.15, 0.2) is 0 Å². The van der Waals surface area contributed by atoms with Crippen LogP contribution in [-0.2, 0) is 9.59 Å². The van der Waals surface area contributed by atoms with Crippen molar-refractivity contribution >= 4 is 17.6 Å². The molecule has 0 aromatic heterocycles. The minimum atomic E-state index is -0.371. The van der Waals surface area contributed by atoms with Crippen LogP contribution in [0.2, 0.25) is 0 Å². The number of anilines is 1. The molecule has 2 rings (SSSR count). The summed E-state index contributed by atoms with van der Waals surface area (Å²) < 4.78 is 5.22. The van der Waals surface area contributed by atoms with Gasteiger partial charge in [0.05, 0.1) is 0 Å². The number of esters is 1. The van der Waals surface area contributed by atoms with Crippen molar-refractivity contribution in [1.29, 1.82) is 0 Å². The molecule has 0 bridgehead atoms. The molecule has 0 heterocycles. The Morgan fingerprint density at radius 3 is 2.68 bits per heavy atom. The van der Waals surface area contributed by atoms with E-state index in [-0.39, 0.29) is 11.9 Å². The van der Waals surface area contributed by atoms with Gasteiger partial charge in [0.2, 0.25) is 5.91 Å². The number of hydrogen-bond donors (Lipinski definition) is 1. The Labute approximate surface area is 112 Å². The van der Waals surface area contributed by atoms with Gasteiger partial charge in [0.1, 0.15) is 5.75 Å². The molecule has 100 valence electrons. The van der Waals surface area contributed by atoms with Gasteiger partial charge in [-0.15, -0.1) is 0 Å². The summed E-state index contributed by atoms with van der Waals surface area (Å²) in [5.41, 5.74) is 1.68. The van der Waals surface area contributed by atoms with Gasteiger partial charge in [0.25, 0.3) is 0 Å². The molecule has 1 aliphatic rings. The van der Waals surface area contributed by atoms with E-state index in [2.05, 4.69) is 5.32 Å². The van der Waals surface area contributed by atoms with Crippen molar-refractivity contribution in [3.8, 4) is 5.75 Å². The van der Waals surface area contributed by atoms with Crippen LogP contribution in [0.4, 0.5) is 5.69 Å². The molecule has 4 heteroatoms. The fourth-order valence-electron chi connectivity index (χ4n) is 1.83. The van der Waals surface area contributed by atoms with Crippen LogP contribution in [-0.4, -0.2) is 11.9 Å². The highest BCUT2D eigenvalue weighted by Crippen LogP contribution is 2.35. The molecule has 0 spiro atoms. The van der Waals surface area contributed by atoms with Crippen molar-refractivity contribution in [2.45, 2.75) is 26.7 Å². The van der Waals surface area contributed by atoms with Crippen molar-refractivity contribution in [3.63, 3.8) is 0 Å². The summed E-state index contributed by atoms with van der Waals surface area (Å²) in [6.07, 6.45) is 3.87. The fourth-order valence-corrected chi connectivity index (χ4v) is 1.83. The van der Waals surface area contributed by atoms with Crippen molar-refractivity contribution in [2.24, 2.45) is 5.92 Å². The van der Waals surface area contributed by atoms with Crippen LogP contribution in [0.1, 0.15) is 26.7 Å². The standard InChI is InChI=1S/C15H17NO3/c1-10(12-6-7-12)8-15(18)19-14-5-3-4-13(9-14)16-11(2)17/h3-5,8-9,12H,6-7H2,1-2H3,(H,16,17)/b10-8-. The highest BCUT2D eigenvalue weighted by Gasteiger charge is 2.23. The van der Waals surface area contributed by atoms with E-state index in [4.69, 9.17) is 4.74 Å². The van der Waals surface area contributed by atoms with Crippen LogP contribution in [0, 0.1) is 5.92 Å². The summed E-state index contributed by atoms with van der Waals surface area (Å²) in [7, 11) is 0. The maximum Gasteiger partial charge on any atom is 0.336 e. The summed E-state index contributed by atoms with van der Waals surface area (Å²) in [4.78, 5) is 22.6. The normalized spacial score (nSPS) is 14.9. The van der Waals surface area contributed by atoms with E-state index in [1.807, 2.05) is 6.92 Å². The number of allylic oxidation sites excluding steroid dienone is 1. The maximum atomic E-state index is 11.7. The molecule has 0 saturated heterocycles. The third-order valence-electron chi connectivity index (χ3n) is 2.94. The number of amides is 1. The van der Waals surface area contributed by atoms with E-state index in [0.29, 0.717) is 17.4 Å². The number of carbonyl (C=O) groups is 2. The SMILES string of the molecule is CC(=O)Nc1cccc(OC(=O)/C=C(/C)C2CC2)c1. The molecule has 1 N–H and O–H groups in total. The molecule has 0 atom stereocenters. The van der Waals surface area contributed by atoms with Crippen LogP contribution in [0.25, 0.3) is 0 Å². The van der Waals surface area contributed by atoms with Crippen molar-refractivity contribution in [1.82, 2.24) is 0 Å². The van der Waals surface area contributed by atoms with E-state index >= 15 is 0 Å². The third-order valence-corrected chi connectivity index (χ3v) is 2.94. The molecule has 1 saturated carbocycles. The number of hydrogen-bond acceptors (Lipinski definition) is 3. The molecular weight excluding hydrogens is 242 g/mol. The molecule has 0 aliphatic heterocycles. The first-order valence-electron chi connectivity index (χ1n) is 6.32. The summed E-state index contributed by atoms with van der Waals surface area (Å²) >= 11 is 0. The Bertz CT molecular complexity index is 530. The van der Waals surface area contributed by atoms with Gasteiger partial charge in [-0.2, -0.15) is 0 Å². The molecule has 19 heavy (non-hydrogen) atoms. The molecule has 1 aromatic rings. The molecule has 0 radical (unpaired) electrons. The zero-order valence-electron chi connectivity index (χ0n) is 11.1. The molecule has 1 aliphatic carbocycles. The lowest BCUT2D eigenvalue weighted by Gasteiger charge is -2.05. The zero-order chi connectivity index (χ0) is 13.8. The lowest BCUT2D eigenvalue weighted by atomic mass is 10.2. The van der Waals surface area contributed by atoms with E-state index in [1.165, 1.54) is 6.92 Å². The number of rotatable bonds is 4. The Morgan fingerprint density at radius 2 is 2.05 bits per heavy atom. The van der Waals surface area contributed by atoms with Crippen molar-refractivity contribution < 1.29 is 14.3 Å². The summed E-state index contributed by atoms with van der Waals surface area (Å²) in [6, 6.07) is 6.78. The van der Waals surface area contributed by atoms with E-state index in [9.17, 15) is 9.59 Å². The molecule has 4 nitrogen and oxygen atoms in total. The van der Waals surface area contributed by atoms with Crippen LogP contribution < -0.4 is 10.1 Å². The van der Waals surface area contributed by atoms with Crippen LogP contribution in [0.15, 0.2) is 35.9 Å². The first kappa shape index (κ1) is 13.3. The number of benzene rings is 1.